The zero-order valence-electron chi connectivity index (χ0n) is 8.75. The van der Waals surface area contributed by atoms with Crippen LogP contribution in [-0.2, 0) is 6.18 Å². The molecule has 0 aliphatic carbocycles. The quantitative estimate of drug-likeness (QED) is 0.708. The molecular formula is C11H7F3N2S. The first-order valence-corrected chi connectivity index (χ1v) is 5.62. The molecule has 1 aromatic carbocycles. The molecule has 0 bridgehead atoms. The van der Waals surface area contributed by atoms with Gasteiger partial charge in [0.05, 0.1) is 17.3 Å². The molecule has 88 valence electrons. The molecule has 0 radical (unpaired) electrons. The van der Waals surface area contributed by atoms with Crippen molar-refractivity contribution < 1.29 is 13.2 Å². The second kappa shape index (κ2) is 4.08. The number of fused-ring (bicyclic) bond motifs is 1. The molecule has 17 heavy (non-hydrogen) atoms. The van der Waals surface area contributed by atoms with Gasteiger partial charge in [-0.05, 0) is 25.1 Å². The summed E-state index contributed by atoms with van der Waals surface area (Å²) in [5, 5.41) is 8.42. The van der Waals surface area contributed by atoms with Crippen molar-refractivity contribution >= 4 is 23.2 Å². The molecule has 1 atom stereocenters. The van der Waals surface area contributed by atoms with Crippen molar-refractivity contribution in [1.82, 2.24) is 0 Å². The molecule has 0 N–H and O–H groups in total. The first kappa shape index (κ1) is 12.0. The van der Waals surface area contributed by atoms with Gasteiger partial charge in [0, 0.05) is 10.6 Å². The summed E-state index contributed by atoms with van der Waals surface area (Å²) in [5.41, 5.74) is 0.0990. The van der Waals surface area contributed by atoms with Gasteiger partial charge in [-0.3, -0.25) is 4.99 Å². The third-order valence-corrected chi connectivity index (χ3v) is 3.61. The summed E-state index contributed by atoms with van der Waals surface area (Å²) < 4.78 is 37.5. The summed E-state index contributed by atoms with van der Waals surface area (Å²) in [5.74, 6) is 0. The second-order valence-corrected chi connectivity index (χ2v) is 4.71. The fourth-order valence-corrected chi connectivity index (χ4v) is 2.36. The monoisotopic (exact) mass is 256 g/mol. The lowest BCUT2D eigenvalue weighted by Gasteiger charge is -2.18. The van der Waals surface area contributed by atoms with Crippen LogP contribution in [-0.4, -0.2) is 11.0 Å². The van der Waals surface area contributed by atoms with Gasteiger partial charge >= 0.3 is 6.18 Å². The highest BCUT2D eigenvalue weighted by Gasteiger charge is 2.32. The summed E-state index contributed by atoms with van der Waals surface area (Å²) >= 11 is 1.23. The van der Waals surface area contributed by atoms with Crippen molar-refractivity contribution in [2.45, 2.75) is 23.2 Å². The molecule has 2 rings (SSSR count). The van der Waals surface area contributed by atoms with Crippen molar-refractivity contribution in [1.29, 1.82) is 5.26 Å². The van der Waals surface area contributed by atoms with Crippen LogP contribution in [0.3, 0.4) is 0 Å². The number of nitriles is 1. The molecule has 1 unspecified atom stereocenters. The van der Waals surface area contributed by atoms with Crippen LogP contribution in [0.1, 0.15) is 12.5 Å². The van der Waals surface area contributed by atoms with Gasteiger partial charge in [-0.15, -0.1) is 0 Å². The smallest absolute Gasteiger partial charge is 0.255 e. The van der Waals surface area contributed by atoms with Crippen molar-refractivity contribution in [2.24, 2.45) is 4.99 Å². The van der Waals surface area contributed by atoms with Crippen LogP contribution in [0.25, 0.3) is 0 Å². The number of hydrogen-bond acceptors (Lipinski definition) is 3. The number of rotatable bonds is 0. The Kier molecular flexibility index (Phi) is 2.87. The van der Waals surface area contributed by atoms with Crippen LogP contribution in [0.15, 0.2) is 28.1 Å². The summed E-state index contributed by atoms with van der Waals surface area (Å²) in [6, 6.07) is 5.44. The van der Waals surface area contributed by atoms with E-state index in [2.05, 4.69) is 4.99 Å². The van der Waals surface area contributed by atoms with E-state index in [1.54, 1.807) is 6.92 Å². The zero-order chi connectivity index (χ0) is 12.6. The number of nitrogens with zero attached hydrogens (tertiary/aromatic N) is 2. The Hall–Kier alpha value is -1.48. The number of alkyl halides is 3. The van der Waals surface area contributed by atoms with Gasteiger partial charge in [0.25, 0.3) is 0 Å². The molecule has 6 heteroatoms. The molecule has 1 aliphatic heterocycles. The minimum atomic E-state index is -4.37. The summed E-state index contributed by atoms with van der Waals surface area (Å²) in [6.45, 7) is 1.64. The van der Waals surface area contributed by atoms with Gasteiger partial charge in [-0.1, -0.05) is 11.8 Å². The Balaban J connectivity index is 2.47. The maximum absolute atomic E-state index is 12.5. The fourth-order valence-electron chi connectivity index (χ4n) is 1.46. The van der Waals surface area contributed by atoms with Crippen LogP contribution in [0, 0.1) is 11.3 Å². The third-order valence-electron chi connectivity index (χ3n) is 2.32. The van der Waals surface area contributed by atoms with Crippen molar-refractivity contribution in [3.05, 3.63) is 23.8 Å². The molecule has 1 aliphatic rings. The van der Waals surface area contributed by atoms with Crippen molar-refractivity contribution in [3.63, 3.8) is 0 Å². The normalized spacial score (nSPS) is 19.2. The standard InChI is InChI=1S/C11H7F3N2S/c1-6-10(5-15)17-9-3-2-7(11(12,13)14)4-8(9)16-6/h2-4,10H,1H3. The van der Waals surface area contributed by atoms with Crippen molar-refractivity contribution in [3.8, 4) is 6.07 Å². The number of thioether (sulfide) groups is 1. The van der Waals surface area contributed by atoms with Crippen LogP contribution in [0.4, 0.5) is 18.9 Å². The summed E-state index contributed by atoms with van der Waals surface area (Å²) in [7, 11) is 0. The van der Waals surface area contributed by atoms with Crippen LogP contribution in [0.2, 0.25) is 0 Å². The average Bonchev–Trinajstić information content (AvgIpc) is 2.26. The van der Waals surface area contributed by atoms with Crippen LogP contribution < -0.4 is 0 Å². The topological polar surface area (TPSA) is 36.1 Å². The predicted octanol–water partition coefficient (Wildman–Crippen LogP) is 3.80. The molecular weight excluding hydrogens is 249 g/mol. The third kappa shape index (κ3) is 2.29. The van der Waals surface area contributed by atoms with Gasteiger partial charge in [-0.25, -0.2) is 0 Å². The first-order chi connectivity index (χ1) is 7.91. The van der Waals surface area contributed by atoms with E-state index in [0.29, 0.717) is 10.6 Å². The lowest BCUT2D eigenvalue weighted by atomic mass is 10.2. The van der Waals surface area contributed by atoms with Gasteiger partial charge in [-0.2, -0.15) is 18.4 Å². The van der Waals surface area contributed by atoms with E-state index in [1.807, 2.05) is 6.07 Å². The number of benzene rings is 1. The first-order valence-electron chi connectivity index (χ1n) is 4.74. The number of aliphatic imine (C=N–C) groups is 1. The Morgan fingerprint density at radius 1 is 1.41 bits per heavy atom. The SMILES string of the molecule is CC1=Nc2cc(C(F)(F)F)ccc2SC1C#N. The minimum Gasteiger partial charge on any atom is -0.255 e. The lowest BCUT2D eigenvalue weighted by Crippen LogP contribution is -2.14. The van der Waals surface area contributed by atoms with Gasteiger partial charge in [0.1, 0.15) is 5.25 Å². The van der Waals surface area contributed by atoms with Gasteiger partial charge in [0.2, 0.25) is 0 Å². The summed E-state index contributed by atoms with van der Waals surface area (Å²) in [4.78, 5) is 4.65. The Morgan fingerprint density at radius 2 is 2.12 bits per heavy atom. The largest absolute Gasteiger partial charge is 0.416 e. The second-order valence-electron chi connectivity index (χ2n) is 3.56. The van der Waals surface area contributed by atoms with Crippen LogP contribution >= 0.6 is 11.8 Å². The van der Waals surface area contributed by atoms with Crippen LogP contribution in [0.5, 0.6) is 0 Å². The molecule has 0 saturated heterocycles. The van der Waals surface area contributed by atoms with E-state index in [9.17, 15) is 13.2 Å². The molecule has 0 fully saturated rings. The highest BCUT2D eigenvalue weighted by molar-refractivity contribution is 8.01. The highest BCUT2D eigenvalue weighted by Crippen LogP contribution is 2.41. The molecule has 0 spiro atoms. The molecule has 1 heterocycles. The van der Waals surface area contributed by atoms with Gasteiger partial charge in [0.15, 0.2) is 0 Å². The van der Waals surface area contributed by atoms with E-state index < -0.39 is 17.0 Å². The van der Waals surface area contributed by atoms with Gasteiger partial charge < -0.3 is 0 Å². The number of halogens is 3. The molecule has 1 aromatic rings. The maximum Gasteiger partial charge on any atom is 0.416 e. The Labute approximate surface area is 100 Å². The molecule has 0 saturated carbocycles. The molecule has 0 aromatic heterocycles. The zero-order valence-corrected chi connectivity index (χ0v) is 9.56. The lowest BCUT2D eigenvalue weighted by molar-refractivity contribution is -0.137. The maximum atomic E-state index is 12.5. The predicted molar refractivity (Wildman–Crippen MR) is 59.5 cm³/mol. The Morgan fingerprint density at radius 3 is 2.71 bits per heavy atom. The average molecular weight is 256 g/mol. The van der Waals surface area contributed by atoms with E-state index in [-0.39, 0.29) is 5.69 Å². The highest BCUT2D eigenvalue weighted by atomic mass is 32.2. The molecule has 0 amide bonds. The van der Waals surface area contributed by atoms with E-state index in [1.165, 1.54) is 17.8 Å². The van der Waals surface area contributed by atoms with E-state index in [4.69, 9.17) is 5.26 Å². The summed E-state index contributed by atoms with van der Waals surface area (Å²) in [6.07, 6.45) is -4.37. The minimum absolute atomic E-state index is 0.286. The fraction of sp³-hybridized carbons (Fsp3) is 0.273. The van der Waals surface area contributed by atoms with Crippen molar-refractivity contribution in [2.75, 3.05) is 0 Å². The molecule has 2 nitrogen and oxygen atoms in total. The number of hydrogen-bond donors (Lipinski definition) is 0. The van der Waals surface area contributed by atoms with E-state index >= 15 is 0 Å². The van der Waals surface area contributed by atoms with E-state index in [0.717, 1.165) is 12.1 Å². The Bertz CT molecular complexity index is 528.